The fraction of sp³-hybridized carbons (Fsp3) is 0.294. The Kier molecular flexibility index (Phi) is 4.32. The van der Waals surface area contributed by atoms with Crippen molar-refractivity contribution in [1.29, 1.82) is 0 Å². The SMILES string of the molecule is CNCc1cccc(Cl)c1OCC1COc2ccccc21. The lowest BCUT2D eigenvalue weighted by Crippen LogP contribution is -2.14. The number of halogens is 1. The van der Waals surface area contributed by atoms with Gasteiger partial charge in [-0.1, -0.05) is 41.9 Å². The molecule has 21 heavy (non-hydrogen) atoms. The van der Waals surface area contributed by atoms with E-state index in [1.165, 1.54) is 5.56 Å². The molecule has 1 aliphatic rings. The number of fused-ring (bicyclic) bond motifs is 1. The molecule has 0 aromatic heterocycles. The molecule has 110 valence electrons. The highest BCUT2D eigenvalue weighted by Gasteiger charge is 2.24. The summed E-state index contributed by atoms with van der Waals surface area (Å²) in [7, 11) is 1.91. The second-order valence-electron chi connectivity index (χ2n) is 5.12. The average Bonchev–Trinajstić information content (AvgIpc) is 2.90. The molecule has 0 radical (unpaired) electrons. The van der Waals surface area contributed by atoms with Gasteiger partial charge in [0, 0.05) is 17.7 Å². The number of ether oxygens (including phenoxy) is 2. The van der Waals surface area contributed by atoms with E-state index in [0.29, 0.717) is 18.2 Å². The van der Waals surface area contributed by atoms with Crippen LogP contribution < -0.4 is 14.8 Å². The zero-order valence-corrected chi connectivity index (χ0v) is 12.7. The Morgan fingerprint density at radius 3 is 2.95 bits per heavy atom. The molecular weight excluding hydrogens is 286 g/mol. The van der Waals surface area contributed by atoms with Gasteiger partial charge in [0.1, 0.15) is 11.5 Å². The van der Waals surface area contributed by atoms with Crippen molar-refractivity contribution in [2.75, 3.05) is 20.3 Å². The van der Waals surface area contributed by atoms with Crippen LogP contribution in [-0.4, -0.2) is 20.3 Å². The zero-order chi connectivity index (χ0) is 14.7. The fourth-order valence-electron chi connectivity index (χ4n) is 2.60. The van der Waals surface area contributed by atoms with Gasteiger partial charge in [-0.15, -0.1) is 0 Å². The number of nitrogens with one attached hydrogen (secondary N) is 1. The highest BCUT2D eigenvalue weighted by molar-refractivity contribution is 6.32. The lowest BCUT2D eigenvalue weighted by atomic mass is 10.0. The van der Waals surface area contributed by atoms with Crippen LogP contribution in [0.5, 0.6) is 11.5 Å². The second kappa shape index (κ2) is 6.37. The van der Waals surface area contributed by atoms with Gasteiger partial charge in [0.05, 0.1) is 24.2 Å². The third-order valence-electron chi connectivity index (χ3n) is 3.64. The summed E-state index contributed by atoms with van der Waals surface area (Å²) in [5, 5.41) is 3.78. The molecule has 1 aliphatic heterocycles. The Balaban J connectivity index is 1.74. The predicted octanol–water partition coefficient (Wildman–Crippen LogP) is 3.61. The predicted molar refractivity (Wildman–Crippen MR) is 84.4 cm³/mol. The number of benzene rings is 2. The van der Waals surface area contributed by atoms with Crippen LogP contribution in [0.4, 0.5) is 0 Å². The summed E-state index contributed by atoms with van der Waals surface area (Å²) < 4.78 is 11.7. The standard InChI is InChI=1S/C17H18ClNO2/c1-19-9-12-5-4-7-15(18)17(12)21-11-13-10-20-16-8-3-2-6-14(13)16/h2-8,13,19H,9-11H2,1H3. The van der Waals surface area contributed by atoms with E-state index < -0.39 is 0 Å². The first-order chi connectivity index (χ1) is 10.3. The number of hydrogen-bond donors (Lipinski definition) is 1. The first kappa shape index (κ1) is 14.2. The molecule has 0 saturated heterocycles. The normalized spacial score (nSPS) is 16.4. The zero-order valence-electron chi connectivity index (χ0n) is 11.9. The highest BCUT2D eigenvalue weighted by Crippen LogP contribution is 2.35. The molecular formula is C17H18ClNO2. The van der Waals surface area contributed by atoms with Gasteiger partial charge in [0.25, 0.3) is 0 Å². The minimum atomic E-state index is 0.250. The van der Waals surface area contributed by atoms with Gasteiger partial charge in [0.15, 0.2) is 0 Å². The molecule has 3 rings (SSSR count). The van der Waals surface area contributed by atoms with Gasteiger partial charge in [0.2, 0.25) is 0 Å². The Morgan fingerprint density at radius 2 is 2.10 bits per heavy atom. The summed E-state index contributed by atoms with van der Waals surface area (Å²) in [6.07, 6.45) is 0. The monoisotopic (exact) mass is 303 g/mol. The minimum absolute atomic E-state index is 0.250. The molecule has 1 N–H and O–H groups in total. The van der Waals surface area contributed by atoms with Crippen LogP contribution in [0.2, 0.25) is 5.02 Å². The molecule has 0 amide bonds. The molecule has 2 aromatic rings. The van der Waals surface area contributed by atoms with Crippen molar-refractivity contribution in [1.82, 2.24) is 5.32 Å². The van der Waals surface area contributed by atoms with Crippen LogP contribution in [-0.2, 0) is 6.54 Å². The number of para-hydroxylation sites is 2. The molecule has 0 saturated carbocycles. The quantitative estimate of drug-likeness (QED) is 0.915. The Bertz CT molecular complexity index is 630. The van der Waals surface area contributed by atoms with Crippen LogP contribution in [0.15, 0.2) is 42.5 Å². The van der Waals surface area contributed by atoms with Crippen molar-refractivity contribution < 1.29 is 9.47 Å². The van der Waals surface area contributed by atoms with Crippen molar-refractivity contribution >= 4 is 11.6 Å². The van der Waals surface area contributed by atoms with E-state index in [9.17, 15) is 0 Å². The first-order valence-electron chi connectivity index (χ1n) is 7.06. The summed E-state index contributed by atoms with van der Waals surface area (Å²) in [6, 6.07) is 13.9. The smallest absolute Gasteiger partial charge is 0.142 e. The third kappa shape index (κ3) is 2.99. The Labute approximate surface area is 129 Å². The second-order valence-corrected chi connectivity index (χ2v) is 5.52. The van der Waals surface area contributed by atoms with Gasteiger partial charge in [-0.3, -0.25) is 0 Å². The van der Waals surface area contributed by atoms with Gasteiger partial charge >= 0.3 is 0 Å². The molecule has 1 unspecified atom stereocenters. The van der Waals surface area contributed by atoms with Crippen molar-refractivity contribution in [3.8, 4) is 11.5 Å². The first-order valence-corrected chi connectivity index (χ1v) is 7.44. The molecule has 4 heteroatoms. The van der Waals surface area contributed by atoms with E-state index >= 15 is 0 Å². The molecule has 0 fully saturated rings. The molecule has 2 aromatic carbocycles. The van der Waals surface area contributed by atoms with Crippen LogP contribution in [0.3, 0.4) is 0 Å². The van der Waals surface area contributed by atoms with Gasteiger partial charge in [-0.05, 0) is 19.2 Å². The van der Waals surface area contributed by atoms with Gasteiger partial charge in [-0.2, -0.15) is 0 Å². The van der Waals surface area contributed by atoms with E-state index in [-0.39, 0.29) is 5.92 Å². The molecule has 0 bridgehead atoms. The maximum absolute atomic E-state index is 6.27. The Hall–Kier alpha value is -1.71. The van der Waals surface area contributed by atoms with Crippen molar-refractivity contribution in [2.24, 2.45) is 0 Å². The number of hydrogen-bond acceptors (Lipinski definition) is 3. The number of rotatable bonds is 5. The summed E-state index contributed by atoms with van der Waals surface area (Å²) in [5.74, 6) is 1.97. The summed E-state index contributed by atoms with van der Waals surface area (Å²) in [5.41, 5.74) is 2.27. The van der Waals surface area contributed by atoms with Crippen LogP contribution in [0.1, 0.15) is 17.0 Å². The lowest BCUT2D eigenvalue weighted by Gasteiger charge is -2.15. The van der Waals surface area contributed by atoms with Crippen molar-refractivity contribution in [2.45, 2.75) is 12.5 Å². The molecule has 1 atom stereocenters. The maximum atomic E-state index is 6.27. The van der Waals surface area contributed by atoms with Crippen molar-refractivity contribution in [3.05, 3.63) is 58.6 Å². The van der Waals surface area contributed by atoms with Gasteiger partial charge in [-0.25, -0.2) is 0 Å². The fourth-order valence-corrected chi connectivity index (χ4v) is 2.84. The maximum Gasteiger partial charge on any atom is 0.142 e. The van der Waals surface area contributed by atoms with Crippen molar-refractivity contribution in [3.63, 3.8) is 0 Å². The molecule has 3 nitrogen and oxygen atoms in total. The van der Waals surface area contributed by atoms with E-state index in [1.807, 2.05) is 43.4 Å². The summed E-state index contributed by atoms with van der Waals surface area (Å²) >= 11 is 6.27. The minimum Gasteiger partial charge on any atom is -0.493 e. The molecule has 0 aliphatic carbocycles. The van der Waals surface area contributed by atoms with Crippen LogP contribution >= 0.6 is 11.6 Å². The van der Waals surface area contributed by atoms with Gasteiger partial charge < -0.3 is 14.8 Å². The van der Waals surface area contributed by atoms with E-state index in [1.54, 1.807) is 0 Å². The van der Waals surface area contributed by atoms with Crippen LogP contribution in [0, 0.1) is 0 Å². The van der Waals surface area contributed by atoms with E-state index in [2.05, 4.69) is 11.4 Å². The molecule has 0 spiro atoms. The Morgan fingerprint density at radius 1 is 1.24 bits per heavy atom. The third-order valence-corrected chi connectivity index (χ3v) is 3.94. The highest BCUT2D eigenvalue weighted by atomic mass is 35.5. The lowest BCUT2D eigenvalue weighted by molar-refractivity contribution is 0.246. The average molecular weight is 304 g/mol. The van der Waals surface area contributed by atoms with Crippen LogP contribution in [0.25, 0.3) is 0 Å². The van der Waals surface area contributed by atoms with E-state index in [4.69, 9.17) is 21.1 Å². The summed E-state index contributed by atoms with van der Waals surface area (Å²) in [6.45, 7) is 1.95. The summed E-state index contributed by atoms with van der Waals surface area (Å²) in [4.78, 5) is 0. The topological polar surface area (TPSA) is 30.5 Å². The van der Waals surface area contributed by atoms with E-state index in [0.717, 1.165) is 23.6 Å². The largest absolute Gasteiger partial charge is 0.493 e. The molecule has 1 heterocycles.